The van der Waals surface area contributed by atoms with Crippen LogP contribution in [0.25, 0.3) is 0 Å². The molecule has 29 heavy (non-hydrogen) atoms. The Labute approximate surface area is 169 Å². The second-order valence-electron chi connectivity index (χ2n) is 6.29. The second-order valence-corrected chi connectivity index (χ2v) is 6.29. The summed E-state index contributed by atoms with van der Waals surface area (Å²) in [7, 11) is 3.14. The first-order chi connectivity index (χ1) is 14.0. The molecule has 0 aliphatic carbocycles. The largest absolute Gasteiger partial charge is 0.497 e. The van der Waals surface area contributed by atoms with E-state index >= 15 is 0 Å². The number of carbonyl (C=O) groups excluding carboxylic acids is 1. The van der Waals surface area contributed by atoms with Gasteiger partial charge >= 0.3 is 5.97 Å². The van der Waals surface area contributed by atoms with Crippen LogP contribution < -0.4 is 18.9 Å². The summed E-state index contributed by atoms with van der Waals surface area (Å²) in [5, 5.41) is 10.3. The van der Waals surface area contributed by atoms with E-state index in [1.54, 1.807) is 87.9 Å². The number of benzene rings is 3. The number of rotatable bonds is 7. The van der Waals surface area contributed by atoms with Gasteiger partial charge in [0, 0.05) is 5.56 Å². The number of ether oxygens (including phenoxy) is 4. The number of aliphatic hydroxyl groups excluding tert-OH is 1. The minimum Gasteiger partial charge on any atom is -0.497 e. The van der Waals surface area contributed by atoms with Gasteiger partial charge in [-0.15, -0.1) is 0 Å². The molecule has 150 valence electrons. The van der Waals surface area contributed by atoms with E-state index in [0.29, 0.717) is 34.1 Å². The first kappa shape index (κ1) is 20.2. The first-order valence-electron chi connectivity index (χ1n) is 8.95. The van der Waals surface area contributed by atoms with Gasteiger partial charge in [-0.1, -0.05) is 0 Å². The molecule has 0 bridgehead atoms. The SMILES string of the molecule is COc1ccc(C(=O)Oc2ccc(OC(O)c3ccc(OC)cc3)c(C)c2)cc1. The summed E-state index contributed by atoms with van der Waals surface area (Å²) in [4.78, 5) is 12.3. The van der Waals surface area contributed by atoms with Crippen LogP contribution in [-0.2, 0) is 0 Å². The average molecular weight is 394 g/mol. The molecule has 3 aromatic carbocycles. The highest BCUT2D eigenvalue weighted by Crippen LogP contribution is 2.28. The van der Waals surface area contributed by atoms with Gasteiger partial charge in [-0.25, -0.2) is 4.79 Å². The van der Waals surface area contributed by atoms with Crippen LogP contribution in [0.2, 0.25) is 0 Å². The van der Waals surface area contributed by atoms with E-state index in [4.69, 9.17) is 18.9 Å². The third kappa shape index (κ3) is 5.06. The molecule has 0 amide bonds. The zero-order chi connectivity index (χ0) is 20.8. The van der Waals surface area contributed by atoms with Gasteiger partial charge in [-0.2, -0.15) is 0 Å². The molecule has 0 fully saturated rings. The standard InChI is InChI=1S/C23H22O6/c1-15-14-20(28-22(24)16-4-8-18(26-2)9-5-16)12-13-21(15)29-23(25)17-6-10-19(27-3)11-7-17/h4-14,23,25H,1-3H3. The van der Waals surface area contributed by atoms with Gasteiger partial charge in [0.15, 0.2) is 0 Å². The van der Waals surface area contributed by atoms with E-state index in [2.05, 4.69) is 0 Å². The van der Waals surface area contributed by atoms with Crippen LogP contribution in [0.3, 0.4) is 0 Å². The van der Waals surface area contributed by atoms with E-state index < -0.39 is 12.3 Å². The lowest BCUT2D eigenvalue weighted by Crippen LogP contribution is -2.09. The number of esters is 1. The van der Waals surface area contributed by atoms with Gasteiger partial charge in [0.1, 0.15) is 23.0 Å². The van der Waals surface area contributed by atoms with Crippen molar-refractivity contribution >= 4 is 5.97 Å². The molecule has 0 heterocycles. The molecule has 0 spiro atoms. The zero-order valence-electron chi connectivity index (χ0n) is 16.4. The third-order valence-electron chi connectivity index (χ3n) is 4.32. The molecular formula is C23H22O6. The molecule has 0 saturated carbocycles. The number of carbonyl (C=O) groups is 1. The summed E-state index contributed by atoms with van der Waals surface area (Å²) < 4.78 is 21.2. The normalized spacial score (nSPS) is 11.4. The smallest absolute Gasteiger partial charge is 0.343 e. The van der Waals surface area contributed by atoms with E-state index in [-0.39, 0.29) is 0 Å². The minimum atomic E-state index is -1.13. The fraction of sp³-hybridized carbons (Fsp3) is 0.174. The van der Waals surface area contributed by atoms with Gasteiger partial charge in [0.2, 0.25) is 6.29 Å². The molecule has 6 nitrogen and oxygen atoms in total. The Balaban J connectivity index is 1.66. The van der Waals surface area contributed by atoms with E-state index in [1.165, 1.54) is 0 Å². The topological polar surface area (TPSA) is 74.2 Å². The van der Waals surface area contributed by atoms with Gasteiger partial charge < -0.3 is 24.1 Å². The van der Waals surface area contributed by atoms with E-state index in [1.807, 2.05) is 0 Å². The number of hydrogen-bond donors (Lipinski definition) is 1. The van der Waals surface area contributed by atoms with Crippen LogP contribution in [0, 0.1) is 6.92 Å². The van der Waals surface area contributed by atoms with Gasteiger partial charge in [0.25, 0.3) is 0 Å². The lowest BCUT2D eigenvalue weighted by atomic mass is 10.2. The summed E-state index contributed by atoms with van der Waals surface area (Å²) in [6.07, 6.45) is -1.13. The van der Waals surface area contributed by atoms with Crippen molar-refractivity contribution in [3.05, 3.63) is 83.4 Å². The van der Waals surface area contributed by atoms with Gasteiger partial charge in [-0.3, -0.25) is 0 Å². The van der Waals surface area contributed by atoms with Crippen LogP contribution >= 0.6 is 0 Å². The molecule has 6 heteroatoms. The Morgan fingerprint density at radius 3 is 1.93 bits per heavy atom. The molecule has 0 saturated heterocycles. The average Bonchev–Trinajstić information content (AvgIpc) is 2.75. The van der Waals surface area contributed by atoms with Crippen molar-refractivity contribution in [1.29, 1.82) is 0 Å². The number of methoxy groups -OCH3 is 2. The minimum absolute atomic E-state index is 0.384. The molecule has 1 N–H and O–H groups in total. The maximum atomic E-state index is 12.3. The van der Waals surface area contributed by atoms with Crippen molar-refractivity contribution in [2.75, 3.05) is 14.2 Å². The first-order valence-corrected chi connectivity index (χ1v) is 8.95. The molecule has 0 aliphatic rings. The Hall–Kier alpha value is -3.51. The van der Waals surface area contributed by atoms with Crippen molar-refractivity contribution in [3.8, 4) is 23.0 Å². The van der Waals surface area contributed by atoms with Crippen LogP contribution in [-0.4, -0.2) is 25.3 Å². The lowest BCUT2D eigenvalue weighted by Gasteiger charge is -2.16. The fourth-order valence-corrected chi connectivity index (χ4v) is 2.67. The van der Waals surface area contributed by atoms with Gasteiger partial charge in [0.05, 0.1) is 19.8 Å². The molecular weight excluding hydrogens is 372 g/mol. The summed E-state index contributed by atoms with van der Waals surface area (Å²) in [6, 6.07) is 18.5. The summed E-state index contributed by atoms with van der Waals surface area (Å²) in [6.45, 7) is 1.81. The fourth-order valence-electron chi connectivity index (χ4n) is 2.67. The summed E-state index contributed by atoms with van der Waals surface area (Å²) in [5.41, 5.74) is 1.73. The van der Waals surface area contributed by atoms with E-state index in [9.17, 15) is 9.90 Å². The predicted octanol–water partition coefficient (Wildman–Crippen LogP) is 4.30. The molecule has 3 rings (SSSR count). The highest BCUT2D eigenvalue weighted by atomic mass is 16.6. The molecule has 0 aliphatic heterocycles. The van der Waals surface area contributed by atoms with Gasteiger partial charge in [-0.05, 0) is 79.2 Å². The third-order valence-corrected chi connectivity index (χ3v) is 4.32. The maximum absolute atomic E-state index is 12.3. The van der Waals surface area contributed by atoms with E-state index in [0.717, 1.165) is 5.56 Å². The Bertz CT molecular complexity index is 964. The number of aryl methyl sites for hydroxylation is 1. The molecule has 1 atom stereocenters. The molecule has 0 aromatic heterocycles. The zero-order valence-corrected chi connectivity index (χ0v) is 16.4. The van der Waals surface area contributed by atoms with Crippen molar-refractivity contribution in [2.24, 2.45) is 0 Å². The summed E-state index contributed by atoms with van der Waals surface area (Å²) >= 11 is 0. The Kier molecular flexibility index (Phi) is 6.36. The van der Waals surface area contributed by atoms with Crippen LogP contribution in [0.15, 0.2) is 66.7 Å². The van der Waals surface area contributed by atoms with Crippen LogP contribution in [0.1, 0.15) is 27.8 Å². The monoisotopic (exact) mass is 394 g/mol. The summed E-state index contributed by atoms with van der Waals surface area (Å²) in [5.74, 6) is 1.75. The number of hydrogen-bond acceptors (Lipinski definition) is 6. The lowest BCUT2D eigenvalue weighted by molar-refractivity contribution is -0.0199. The second kappa shape index (κ2) is 9.12. The quantitative estimate of drug-likeness (QED) is 0.366. The highest BCUT2D eigenvalue weighted by molar-refractivity contribution is 5.91. The van der Waals surface area contributed by atoms with Crippen LogP contribution in [0.5, 0.6) is 23.0 Å². The van der Waals surface area contributed by atoms with Crippen LogP contribution in [0.4, 0.5) is 0 Å². The van der Waals surface area contributed by atoms with Crippen molar-refractivity contribution in [3.63, 3.8) is 0 Å². The van der Waals surface area contributed by atoms with Crippen molar-refractivity contribution in [1.82, 2.24) is 0 Å². The maximum Gasteiger partial charge on any atom is 0.343 e. The predicted molar refractivity (Wildman–Crippen MR) is 108 cm³/mol. The Morgan fingerprint density at radius 2 is 1.38 bits per heavy atom. The molecule has 1 unspecified atom stereocenters. The molecule has 0 radical (unpaired) electrons. The van der Waals surface area contributed by atoms with Crippen molar-refractivity contribution < 1.29 is 28.8 Å². The number of aliphatic hydroxyl groups is 1. The van der Waals surface area contributed by atoms with Crippen molar-refractivity contribution in [2.45, 2.75) is 13.2 Å². The highest BCUT2D eigenvalue weighted by Gasteiger charge is 2.13. The molecule has 3 aromatic rings. The Morgan fingerprint density at radius 1 is 0.828 bits per heavy atom.